The fourth-order valence-electron chi connectivity index (χ4n) is 3.23. The smallest absolute Gasteiger partial charge is 0.313 e. The maximum Gasteiger partial charge on any atom is 0.313 e. The van der Waals surface area contributed by atoms with Gasteiger partial charge in [-0.25, -0.2) is 4.98 Å². The second kappa shape index (κ2) is 8.66. The van der Waals surface area contributed by atoms with Gasteiger partial charge in [0.05, 0.1) is 0 Å². The summed E-state index contributed by atoms with van der Waals surface area (Å²) < 4.78 is 0. The van der Waals surface area contributed by atoms with E-state index in [1.807, 2.05) is 44.2 Å². The first kappa shape index (κ1) is 18.9. The molecule has 27 heavy (non-hydrogen) atoms. The van der Waals surface area contributed by atoms with Crippen molar-refractivity contribution < 1.29 is 9.59 Å². The Bertz CT molecular complexity index is 799. The van der Waals surface area contributed by atoms with Gasteiger partial charge in [-0.15, -0.1) is 0 Å². The van der Waals surface area contributed by atoms with Crippen molar-refractivity contribution in [1.29, 1.82) is 0 Å². The van der Waals surface area contributed by atoms with Gasteiger partial charge in [0.25, 0.3) is 0 Å². The Balaban J connectivity index is 1.42. The number of carbonyl (C=O) groups is 2. The van der Waals surface area contributed by atoms with E-state index in [2.05, 4.69) is 20.5 Å². The van der Waals surface area contributed by atoms with Crippen LogP contribution in [0.4, 0.5) is 11.5 Å². The summed E-state index contributed by atoms with van der Waals surface area (Å²) in [5.74, 6) is 0.167. The van der Waals surface area contributed by atoms with Crippen LogP contribution in [0, 0.1) is 19.8 Å². The molecule has 2 aromatic rings. The molecule has 1 aliphatic rings. The molecule has 1 saturated heterocycles. The molecule has 6 nitrogen and oxygen atoms in total. The second-order valence-corrected chi connectivity index (χ2v) is 7.08. The molecular formula is C21H26N4O2. The summed E-state index contributed by atoms with van der Waals surface area (Å²) in [7, 11) is 0. The summed E-state index contributed by atoms with van der Waals surface area (Å²) in [4.78, 5) is 30.8. The number of rotatable bonds is 4. The number of carbonyl (C=O) groups excluding carboxylic acids is 2. The van der Waals surface area contributed by atoms with Gasteiger partial charge in [0, 0.05) is 31.5 Å². The molecule has 6 heteroatoms. The molecule has 1 fully saturated rings. The number of pyridine rings is 1. The number of nitrogens with zero attached hydrogens (tertiary/aromatic N) is 2. The number of amides is 2. The van der Waals surface area contributed by atoms with Gasteiger partial charge in [0.1, 0.15) is 5.82 Å². The number of anilines is 2. The number of aromatic nitrogens is 1. The Kier molecular flexibility index (Phi) is 6.06. The van der Waals surface area contributed by atoms with Crippen LogP contribution in [0.2, 0.25) is 0 Å². The quantitative estimate of drug-likeness (QED) is 0.816. The average molecular weight is 366 g/mol. The first-order chi connectivity index (χ1) is 13.0. The zero-order valence-corrected chi connectivity index (χ0v) is 15.9. The van der Waals surface area contributed by atoms with Crippen LogP contribution in [-0.2, 0) is 9.59 Å². The summed E-state index contributed by atoms with van der Waals surface area (Å²) >= 11 is 0. The Labute approximate surface area is 160 Å². The molecule has 0 bridgehead atoms. The predicted molar refractivity (Wildman–Crippen MR) is 107 cm³/mol. The third kappa shape index (κ3) is 5.06. The minimum absolute atomic E-state index is 0.378. The van der Waals surface area contributed by atoms with Crippen molar-refractivity contribution >= 4 is 23.3 Å². The fraction of sp³-hybridized carbons (Fsp3) is 0.381. The molecule has 2 heterocycles. The Morgan fingerprint density at radius 3 is 2.52 bits per heavy atom. The maximum absolute atomic E-state index is 12.1. The van der Waals surface area contributed by atoms with Crippen LogP contribution in [0.1, 0.15) is 24.0 Å². The molecule has 0 spiro atoms. The van der Waals surface area contributed by atoms with Gasteiger partial charge < -0.3 is 15.5 Å². The van der Waals surface area contributed by atoms with Crippen molar-refractivity contribution in [2.45, 2.75) is 26.7 Å². The van der Waals surface area contributed by atoms with E-state index >= 15 is 0 Å². The van der Waals surface area contributed by atoms with E-state index in [0.29, 0.717) is 18.2 Å². The lowest BCUT2D eigenvalue weighted by atomic mass is 9.97. The summed E-state index contributed by atoms with van der Waals surface area (Å²) in [6.45, 7) is 6.32. The van der Waals surface area contributed by atoms with Crippen LogP contribution in [0.15, 0.2) is 42.6 Å². The van der Waals surface area contributed by atoms with Gasteiger partial charge in [-0.3, -0.25) is 9.59 Å². The lowest BCUT2D eigenvalue weighted by Gasteiger charge is -2.32. The first-order valence-electron chi connectivity index (χ1n) is 9.35. The zero-order chi connectivity index (χ0) is 19.2. The maximum atomic E-state index is 12.1. The normalized spacial score (nSPS) is 14.7. The first-order valence-corrected chi connectivity index (χ1v) is 9.35. The highest BCUT2D eigenvalue weighted by Gasteiger charge is 2.22. The standard InChI is InChI=1S/C21H26N4O2/c1-15-6-7-18(13-16(15)2)24-21(27)20(26)23-14-17-8-11-25(12-9-17)19-5-3-4-10-22-19/h3-7,10,13,17H,8-9,11-12,14H2,1-2H3,(H,23,26)(H,24,27). The van der Waals surface area contributed by atoms with Crippen LogP contribution in [0.5, 0.6) is 0 Å². The second-order valence-electron chi connectivity index (χ2n) is 7.08. The average Bonchev–Trinajstić information content (AvgIpc) is 2.70. The molecule has 142 valence electrons. The molecule has 0 saturated carbocycles. The minimum Gasteiger partial charge on any atom is -0.357 e. The number of hydrogen-bond donors (Lipinski definition) is 2. The molecule has 2 N–H and O–H groups in total. The van der Waals surface area contributed by atoms with Crippen molar-refractivity contribution in [2.75, 3.05) is 29.9 Å². The predicted octanol–water partition coefficient (Wildman–Crippen LogP) is 2.67. The monoisotopic (exact) mass is 366 g/mol. The number of piperidine rings is 1. The summed E-state index contributed by atoms with van der Waals surface area (Å²) in [6, 6.07) is 11.5. The molecular weight excluding hydrogens is 340 g/mol. The number of hydrogen-bond acceptors (Lipinski definition) is 4. The van der Waals surface area contributed by atoms with E-state index in [0.717, 1.165) is 42.9 Å². The summed E-state index contributed by atoms with van der Waals surface area (Å²) in [5, 5.41) is 5.43. The van der Waals surface area contributed by atoms with Gasteiger partial charge >= 0.3 is 11.8 Å². The molecule has 1 aromatic carbocycles. The van der Waals surface area contributed by atoms with Crippen molar-refractivity contribution in [3.8, 4) is 0 Å². The van der Waals surface area contributed by atoms with Gasteiger partial charge in [-0.2, -0.15) is 0 Å². The lowest BCUT2D eigenvalue weighted by molar-refractivity contribution is -0.136. The number of benzene rings is 1. The largest absolute Gasteiger partial charge is 0.357 e. The number of nitrogens with one attached hydrogen (secondary N) is 2. The fourth-order valence-corrected chi connectivity index (χ4v) is 3.23. The Morgan fingerprint density at radius 1 is 1.07 bits per heavy atom. The Hall–Kier alpha value is -2.89. The topological polar surface area (TPSA) is 74.3 Å². The zero-order valence-electron chi connectivity index (χ0n) is 15.9. The van der Waals surface area contributed by atoms with E-state index < -0.39 is 11.8 Å². The van der Waals surface area contributed by atoms with Crippen LogP contribution in [0.25, 0.3) is 0 Å². The van der Waals surface area contributed by atoms with Crippen molar-refractivity contribution in [3.63, 3.8) is 0 Å². The van der Waals surface area contributed by atoms with Gasteiger partial charge in [-0.05, 0) is 68.0 Å². The third-order valence-electron chi connectivity index (χ3n) is 5.11. The molecule has 1 aromatic heterocycles. The third-order valence-corrected chi connectivity index (χ3v) is 5.11. The van der Waals surface area contributed by atoms with Crippen LogP contribution in [-0.4, -0.2) is 36.4 Å². The van der Waals surface area contributed by atoms with E-state index in [4.69, 9.17) is 0 Å². The lowest BCUT2D eigenvalue weighted by Crippen LogP contribution is -2.42. The van der Waals surface area contributed by atoms with E-state index in [1.54, 1.807) is 12.3 Å². The van der Waals surface area contributed by atoms with Crippen molar-refractivity contribution in [1.82, 2.24) is 10.3 Å². The molecule has 2 amide bonds. The van der Waals surface area contributed by atoms with Crippen LogP contribution >= 0.6 is 0 Å². The molecule has 0 unspecified atom stereocenters. The van der Waals surface area contributed by atoms with E-state index in [-0.39, 0.29) is 0 Å². The van der Waals surface area contributed by atoms with Crippen LogP contribution in [0.3, 0.4) is 0 Å². The molecule has 0 atom stereocenters. The SMILES string of the molecule is Cc1ccc(NC(=O)C(=O)NCC2CCN(c3ccccn3)CC2)cc1C. The van der Waals surface area contributed by atoms with Crippen molar-refractivity contribution in [2.24, 2.45) is 5.92 Å². The van der Waals surface area contributed by atoms with Crippen molar-refractivity contribution in [3.05, 3.63) is 53.7 Å². The minimum atomic E-state index is -0.621. The summed E-state index contributed by atoms with van der Waals surface area (Å²) in [6.07, 6.45) is 3.74. The van der Waals surface area contributed by atoms with Gasteiger partial charge in [0.2, 0.25) is 0 Å². The van der Waals surface area contributed by atoms with E-state index in [1.165, 1.54) is 0 Å². The van der Waals surface area contributed by atoms with Gasteiger partial charge in [-0.1, -0.05) is 12.1 Å². The molecule has 0 radical (unpaired) electrons. The molecule has 0 aliphatic carbocycles. The molecule has 1 aliphatic heterocycles. The molecule has 3 rings (SSSR count). The number of aryl methyl sites for hydroxylation is 2. The van der Waals surface area contributed by atoms with Gasteiger partial charge in [0.15, 0.2) is 0 Å². The summed E-state index contributed by atoms with van der Waals surface area (Å²) in [5.41, 5.74) is 2.87. The Morgan fingerprint density at radius 2 is 1.85 bits per heavy atom. The highest BCUT2D eigenvalue weighted by atomic mass is 16.2. The highest BCUT2D eigenvalue weighted by molar-refractivity contribution is 6.39. The van der Waals surface area contributed by atoms with Crippen LogP contribution < -0.4 is 15.5 Å². The van der Waals surface area contributed by atoms with E-state index in [9.17, 15) is 9.59 Å². The highest BCUT2D eigenvalue weighted by Crippen LogP contribution is 2.21.